The molecule has 0 aromatic carbocycles. The van der Waals surface area contributed by atoms with Gasteiger partial charge in [0.1, 0.15) is 18.8 Å². The Morgan fingerprint density at radius 3 is 2.61 bits per heavy atom. The van der Waals surface area contributed by atoms with Gasteiger partial charge in [-0.25, -0.2) is 9.97 Å². The van der Waals surface area contributed by atoms with Crippen molar-refractivity contribution < 1.29 is 9.47 Å². The Morgan fingerprint density at radius 1 is 1.22 bits per heavy atom. The highest BCUT2D eigenvalue weighted by Gasteiger charge is 2.15. The summed E-state index contributed by atoms with van der Waals surface area (Å²) < 4.78 is 10.9. The predicted octanol–water partition coefficient (Wildman–Crippen LogP) is 2.45. The Hall–Kier alpha value is -1.36. The number of hydrogen-bond donors (Lipinski definition) is 1. The monoisotopic (exact) mass is 253 g/mol. The van der Waals surface area contributed by atoms with Crippen molar-refractivity contribution in [3.05, 3.63) is 11.9 Å². The standard InChI is InChI=1S/C13H23N3O2/c1-5-14-12-11(10(3)4)13(16-9-15-12)18-8-7-17-6-2/h9-10H,5-8H2,1-4H3,(H,14,15,16). The summed E-state index contributed by atoms with van der Waals surface area (Å²) in [6.45, 7) is 10.8. The molecule has 0 spiro atoms. The van der Waals surface area contributed by atoms with Crippen LogP contribution in [-0.2, 0) is 4.74 Å². The van der Waals surface area contributed by atoms with Crippen molar-refractivity contribution >= 4 is 5.82 Å². The summed E-state index contributed by atoms with van der Waals surface area (Å²) in [6.07, 6.45) is 1.53. The van der Waals surface area contributed by atoms with Crippen molar-refractivity contribution in [2.24, 2.45) is 0 Å². The van der Waals surface area contributed by atoms with E-state index in [-0.39, 0.29) is 0 Å². The number of ether oxygens (including phenoxy) is 2. The first kappa shape index (κ1) is 14.7. The molecule has 102 valence electrons. The highest BCUT2D eigenvalue weighted by Crippen LogP contribution is 2.29. The summed E-state index contributed by atoms with van der Waals surface area (Å²) in [5.74, 6) is 1.81. The van der Waals surface area contributed by atoms with Gasteiger partial charge in [-0.05, 0) is 19.8 Å². The molecule has 0 fully saturated rings. The van der Waals surface area contributed by atoms with E-state index in [0.717, 1.165) is 17.9 Å². The lowest BCUT2D eigenvalue weighted by Gasteiger charge is -2.16. The van der Waals surface area contributed by atoms with Gasteiger partial charge in [-0.3, -0.25) is 0 Å². The molecule has 0 aliphatic carbocycles. The second-order valence-corrected chi connectivity index (χ2v) is 4.17. The molecule has 1 rings (SSSR count). The lowest BCUT2D eigenvalue weighted by molar-refractivity contribution is 0.108. The zero-order valence-electron chi connectivity index (χ0n) is 11.7. The van der Waals surface area contributed by atoms with Crippen LogP contribution in [0.5, 0.6) is 5.88 Å². The molecule has 0 saturated carbocycles. The first-order chi connectivity index (χ1) is 8.70. The molecule has 0 unspecified atom stereocenters. The fourth-order valence-corrected chi connectivity index (χ4v) is 1.66. The molecule has 0 atom stereocenters. The molecule has 18 heavy (non-hydrogen) atoms. The van der Waals surface area contributed by atoms with Crippen LogP contribution in [0.1, 0.15) is 39.2 Å². The number of hydrogen-bond acceptors (Lipinski definition) is 5. The largest absolute Gasteiger partial charge is 0.475 e. The number of aromatic nitrogens is 2. The summed E-state index contributed by atoms with van der Waals surface area (Å²) >= 11 is 0. The van der Waals surface area contributed by atoms with Crippen LogP contribution in [0.15, 0.2) is 6.33 Å². The van der Waals surface area contributed by atoms with Crippen LogP contribution in [0.25, 0.3) is 0 Å². The van der Waals surface area contributed by atoms with Crippen LogP contribution in [0, 0.1) is 0 Å². The van der Waals surface area contributed by atoms with Crippen LogP contribution in [0.3, 0.4) is 0 Å². The van der Waals surface area contributed by atoms with Crippen LogP contribution >= 0.6 is 0 Å². The van der Waals surface area contributed by atoms with E-state index in [1.54, 1.807) is 0 Å². The highest BCUT2D eigenvalue weighted by molar-refractivity contribution is 5.50. The summed E-state index contributed by atoms with van der Waals surface area (Å²) in [5, 5.41) is 3.24. The van der Waals surface area contributed by atoms with E-state index in [1.165, 1.54) is 6.33 Å². The highest BCUT2D eigenvalue weighted by atomic mass is 16.5. The second kappa shape index (κ2) is 7.87. The first-order valence-corrected chi connectivity index (χ1v) is 6.49. The van der Waals surface area contributed by atoms with Gasteiger partial charge in [-0.2, -0.15) is 0 Å². The summed E-state index contributed by atoms with van der Waals surface area (Å²) in [6, 6.07) is 0. The van der Waals surface area contributed by atoms with Gasteiger partial charge in [-0.1, -0.05) is 13.8 Å². The fraction of sp³-hybridized carbons (Fsp3) is 0.692. The Balaban J connectivity index is 2.78. The first-order valence-electron chi connectivity index (χ1n) is 6.49. The average molecular weight is 253 g/mol. The van der Waals surface area contributed by atoms with Gasteiger partial charge in [0, 0.05) is 13.2 Å². The van der Waals surface area contributed by atoms with Crippen molar-refractivity contribution in [3.63, 3.8) is 0 Å². The maximum Gasteiger partial charge on any atom is 0.222 e. The van der Waals surface area contributed by atoms with Crippen molar-refractivity contribution in [1.29, 1.82) is 0 Å². The molecule has 1 heterocycles. The number of nitrogens with zero attached hydrogens (tertiary/aromatic N) is 2. The molecule has 1 N–H and O–H groups in total. The van der Waals surface area contributed by atoms with E-state index < -0.39 is 0 Å². The van der Waals surface area contributed by atoms with E-state index in [2.05, 4.69) is 29.1 Å². The van der Waals surface area contributed by atoms with Gasteiger partial charge in [0.15, 0.2) is 0 Å². The van der Waals surface area contributed by atoms with Crippen molar-refractivity contribution in [1.82, 2.24) is 9.97 Å². The number of nitrogens with one attached hydrogen (secondary N) is 1. The summed E-state index contributed by atoms with van der Waals surface area (Å²) in [7, 11) is 0. The Bertz CT molecular complexity index is 356. The summed E-state index contributed by atoms with van der Waals surface area (Å²) in [5.41, 5.74) is 1.02. The summed E-state index contributed by atoms with van der Waals surface area (Å²) in [4.78, 5) is 8.47. The molecule has 0 amide bonds. The molecular formula is C13H23N3O2. The van der Waals surface area contributed by atoms with E-state index in [1.807, 2.05) is 13.8 Å². The van der Waals surface area contributed by atoms with Crippen LogP contribution in [0.4, 0.5) is 5.82 Å². The van der Waals surface area contributed by atoms with E-state index in [9.17, 15) is 0 Å². The molecule has 5 heteroatoms. The maximum absolute atomic E-state index is 5.67. The molecule has 0 radical (unpaired) electrons. The minimum absolute atomic E-state index is 0.308. The SMILES string of the molecule is CCNc1ncnc(OCCOCC)c1C(C)C. The van der Waals surface area contributed by atoms with E-state index in [0.29, 0.717) is 31.6 Å². The lowest BCUT2D eigenvalue weighted by atomic mass is 10.1. The zero-order valence-corrected chi connectivity index (χ0v) is 11.7. The van der Waals surface area contributed by atoms with Gasteiger partial charge < -0.3 is 14.8 Å². The zero-order chi connectivity index (χ0) is 13.4. The van der Waals surface area contributed by atoms with Crippen LogP contribution < -0.4 is 10.1 Å². The van der Waals surface area contributed by atoms with E-state index in [4.69, 9.17) is 9.47 Å². The Morgan fingerprint density at radius 2 is 2.00 bits per heavy atom. The molecule has 1 aromatic rings. The number of anilines is 1. The molecule has 1 aromatic heterocycles. The quantitative estimate of drug-likeness (QED) is 0.721. The Labute approximate surface area is 109 Å². The smallest absolute Gasteiger partial charge is 0.222 e. The van der Waals surface area contributed by atoms with Crippen molar-refractivity contribution in [3.8, 4) is 5.88 Å². The average Bonchev–Trinajstić information content (AvgIpc) is 2.35. The van der Waals surface area contributed by atoms with Gasteiger partial charge in [0.05, 0.1) is 12.2 Å². The lowest BCUT2D eigenvalue weighted by Crippen LogP contribution is -2.12. The van der Waals surface area contributed by atoms with Crippen LogP contribution in [-0.4, -0.2) is 36.3 Å². The molecule has 0 bridgehead atoms. The third kappa shape index (κ3) is 4.14. The predicted molar refractivity (Wildman–Crippen MR) is 72.3 cm³/mol. The van der Waals surface area contributed by atoms with Gasteiger partial charge in [0.2, 0.25) is 5.88 Å². The van der Waals surface area contributed by atoms with Crippen molar-refractivity contribution in [2.75, 3.05) is 31.7 Å². The molecular weight excluding hydrogens is 230 g/mol. The third-order valence-corrected chi connectivity index (χ3v) is 2.44. The Kier molecular flexibility index (Phi) is 6.43. The number of rotatable bonds is 8. The van der Waals surface area contributed by atoms with Gasteiger partial charge >= 0.3 is 0 Å². The van der Waals surface area contributed by atoms with Gasteiger partial charge in [-0.15, -0.1) is 0 Å². The van der Waals surface area contributed by atoms with Crippen LogP contribution in [0.2, 0.25) is 0 Å². The molecule has 5 nitrogen and oxygen atoms in total. The molecule has 0 saturated heterocycles. The molecule has 0 aliphatic rings. The molecule has 0 aliphatic heterocycles. The van der Waals surface area contributed by atoms with Gasteiger partial charge in [0.25, 0.3) is 0 Å². The topological polar surface area (TPSA) is 56.3 Å². The normalized spacial score (nSPS) is 10.7. The third-order valence-electron chi connectivity index (χ3n) is 2.44. The van der Waals surface area contributed by atoms with E-state index >= 15 is 0 Å². The minimum Gasteiger partial charge on any atom is -0.475 e. The minimum atomic E-state index is 0.308. The second-order valence-electron chi connectivity index (χ2n) is 4.17. The fourth-order valence-electron chi connectivity index (χ4n) is 1.66. The maximum atomic E-state index is 5.67. The van der Waals surface area contributed by atoms with Crippen molar-refractivity contribution in [2.45, 2.75) is 33.6 Å².